The van der Waals surface area contributed by atoms with Crippen molar-refractivity contribution in [3.63, 3.8) is 0 Å². The van der Waals surface area contributed by atoms with Gasteiger partial charge in [0.05, 0.1) is 12.2 Å². The van der Waals surface area contributed by atoms with Crippen molar-refractivity contribution in [2.75, 3.05) is 27.3 Å². The Bertz CT molecular complexity index is 465. The molecule has 0 spiro atoms. The molecule has 0 radical (unpaired) electrons. The van der Waals surface area contributed by atoms with E-state index >= 15 is 0 Å². The quantitative estimate of drug-likeness (QED) is 0.822. The minimum absolute atomic E-state index is 0.0657. The summed E-state index contributed by atoms with van der Waals surface area (Å²) in [6, 6.07) is 0. The van der Waals surface area contributed by atoms with E-state index in [9.17, 15) is 9.59 Å². The number of aryl methyl sites for hydroxylation is 1. The van der Waals surface area contributed by atoms with Gasteiger partial charge in [0.2, 0.25) is 0 Å². The van der Waals surface area contributed by atoms with E-state index in [0.717, 1.165) is 0 Å². The van der Waals surface area contributed by atoms with E-state index in [1.54, 1.807) is 28.0 Å². The second-order valence-electron chi connectivity index (χ2n) is 4.15. The van der Waals surface area contributed by atoms with Crippen molar-refractivity contribution < 1.29 is 19.4 Å². The van der Waals surface area contributed by atoms with Crippen molar-refractivity contribution >= 4 is 11.9 Å². The van der Waals surface area contributed by atoms with Gasteiger partial charge >= 0.3 is 5.97 Å². The normalized spacial score (nSPS) is 10.4. The molecule has 0 bridgehead atoms. The number of rotatable bonds is 5. The second-order valence-corrected chi connectivity index (χ2v) is 4.15. The minimum atomic E-state index is -1.06. The lowest BCUT2D eigenvalue weighted by Gasteiger charge is -2.17. The summed E-state index contributed by atoms with van der Waals surface area (Å²) in [4.78, 5) is 27.4. The fraction of sp³-hybridized carbons (Fsp3) is 0.500. The van der Waals surface area contributed by atoms with Crippen LogP contribution in [-0.2, 0) is 4.74 Å². The van der Waals surface area contributed by atoms with E-state index in [1.807, 2.05) is 0 Å². The van der Waals surface area contributed by atoms with Gasteiger partial charge in [0.1, 0.15) is 5.69 Å². The third-order valence-electron chi connectivity index (χ3n) is 2.84. The molecule has 0 fully saturated rings. The van der Waals surface area contributed by atoms with Crippen LogP contribution in [0.4, 0.5) is 0 Å². The third kappa shape index (κ3) is 2.70. The first-order chi connectivity index (χ1) is 8.40. The number of likely N-dealkylation sites (N-methyl/N-ethyl adjacent to an activating group) is 1. The number of nitrogens with one attached hydrogen (secondary N) is 1. The van der Waals surface area contributed by atoms with Crippen LogP contribution in [0.25, 0.3) is 0 Å². The molecule has 2 N–H and O–H groups in total. The summed E-state index contributed by atoms with van der Waals surface area (Å²) in [6.07, 6.45) is 0. The number of hydrogen-bond donors (Lipinski definition) is 2. The van der Waals surface area contributed by atoms with Crippen molar-refractivity contribution in [1.29, 1.82) is 0 Å². The Kier molecular flexibility index (Phi) is 4.49. The molecule has 0 aliphatic rings. The summed E-state index contributed by atoms with van der Waals surface area (Å²) < 4.78 is 4.91. The van der Waals surface area contributed by atoms with E-state index in [4.69, 9.17) is 9.84 Å². The Hall–Kier alpha value is -1.82. The molecule has 1 rings (SSSR count). The van der Waals surface area contributed by atoms with Crippen molar-refractivity contribution in [2.24, 2.45) is 0 Å². The molecule has 1 aromatic rings. The van der Waals surface area contributed by atoms with Crippen LogP contribution in [0.1, 0.15) is 32.1 Å². The summed E-state index contributed by atoms with van der Waals surface area (Å²) in [5.41, 5.74) is 1.52. The first-order valence-corrected chi connectivity index (χ1v) is 5.57. The lowest BCUT2D eigenvalue weighted by Crippen LogP contribution is -2.30. The third-order valence-corrected chi connectivity index (χ3v) is 2.84. The van der Waals surface area contributed by atoms with E-state index in [1.165, 1.54) is 4.90 Å². The first-order valence-electron chi connectivity index (χ1n) is 5.57. The largest absolute Gasteiger partial charge is 0.477 e. The number of carbonyl (C=O) groups excluding carboxylic acids is 1. The summed E-state index contributed by atoms with van der Waals surface area (Å²) in [7, 11) is 3.22. The van der Waals surface area contributed by atoms with E-state index < -0.39 is 5.97 Å². The first kappa shape index (κ1) is 14.2. The van der Waals surface area contributed by atoms with Gasteiger partial charge in [-0.05, 0) is 19.4 Å². The number of amides is 1. The number of carbonyl (C=O) groups is 2. The molecular weight excluding hydrogens is 236 g/mol. The molecule has 1 aromatic heterocycles. The number of methoxy groups -OCH3 is 1. The molecule has 0 saturated heterocycles. The van der Waals surface area contributed by atoms with Crippen LogP contribution in [-0.4, -0.2) is 54.2 Å². The number of aromatic nitrogens is 1. The molecule has 6 heteroatoms. The predicted octanol–water partition coefficient (Wildman–Crippen LogP) is 1.05. The van der Waals surface area contributed by atoms with Crippen LogP contribution >= 0.6 is 0 Å². The fourth-order valence-corrected chi connectivity index (χ4v) is 1.81. The molecule has 0 aromatic carbocycles. The van der Waals surface area contributed by atoms with Crippen LogP contribution in [0.2, 0.25) is 0 Å². The highest BCUT2D eigenvalue weighted by Crippen LogP contribution is 2.19. The molecule has 1 amide bonds. The highest BCUT2D eigenvalue weighted by atomic mass is 16.5. The number of hydrogen-bond acceptors (Lipinski definition) is 3. The van der Waals surface area contributed by atoms with E-state index in [-0.39, 0.29) is 11.6 Å². The van der Waals surface area contributed by atoms with E-state index in [0.29, 0.717) is 30.0 Å². The molecule has 0 aliphatic carbocycles. The molecule has 6 nitrogen and oxygen atoms in total. The van der Waals surface area contributed by atoms with Crippen LogP contribution in [0.15, 0.2) is 0 Å². The van der Waals surface area contributed by atoms with Crippen molar-refractivity contribution in [2.45, 2.75) is 13.8 Å². The van der Waals surface area contributed by atoms with E-state index in [2.05, 4.69) is 4.98 Å². The average molecular weight is 254 g/mol. The molecule has 0 unspecified atom stereocenters. The predicted molar refractivity (Wildman–Crippen MR) is 66.1 cm³/mol. The summed E-state index contributed by atoms with van der Waals surface area (Å²) >= 11 is 0. The topological polar surface area (TPSA) is 82.6 Å². The maximum atomic E-state index is 12.2. The van der Waals surface area contributed by atoms with Crippen LogP contribution < -0.4 is 0 Å². The Morgan fingerprint density at radius 1 is 1.39 bits per heavy atom. The van der Waals surface area contributed by atoms with Gasteiger partial charge in [0, 0.05) is 26.4 Å². The Labute approximate surface area is 106 Å². The Morgan fingerprint density at radius 3 is 2.44 bits per heavy atom. The SMILES string of the molecule is COCCN(C)C(=O)c1c(C)[nH]c(C(=O)O)c1C. The second kappa shape index (κ2) is 5.68. The van der Waals surface area contributed by atoms with Gasteiger partial charge in [-0.15, -0.1) is 0 Å². The van der Waals surface area contributed by atoms with Crippen molar-refractivity contribution in [3.05, 3.63) is 22.5 Å². The number of nitrogens with zero attached hydrogens (tertiary/aromatic N) is 1. The maximum absolute atomic E-state index is 12.2. The molecule has 100 valence electrons. The van der Waals surface area contributed by atoms with Gasteiger partial charge in [-0.3, -0.25) is 4.79 Å². The Morgan fingerprint density at radius 2 is 2.00 bits per heavy atom. The summed E-state index contributed by atoms with van der Waals surface area (Å²) in [5.74, 6) is -1.26. The molecule has 0 atom stereocenters. The van der Waals surface area contributed by atoms with Gasteiger partial charge in [-0.2, -0.15) is 0 Å². The standard InChI is InChI=1S/C12H18N2O4/c1-7-9(8(2)13-10(7)12(16)17)11(15)14(3)5-6-18-4/h13H,5-6H2,1-4H3,(H,16,17). The molecular formula is C12H18N2O4. The zero-order valence-corrected chi connectivity index (χ0v) is 11.0. The van der Waals surface area contributed by atoms with Crippen molar-refractivity contribution in [1.82, 2.24) is 9.88 Å². The Balaban J connectivity index is 3.02. The highest BCUT2D eigenvalue weighted by Gasteiger charge is 2.23. The van der Waals surface area contributed by atoms with Crippen molar-refractivity contribution in [3.8, 4) is 0 Å². The average Bonchev–Trinajstić information content (AvgIpc) is 2.61. The number of carboxylic acid groups (broad SMARTS) is 1. The molecule has 0 saturated carbocycles. The zero-order chi connectivity index (χ0) is 13.9. The number of H-pyrrole nitrogens is 1. The summed E-state index contributed by atoms with van der Waals surface area (Å²) in [5, 5.41) is 8.99. The van der Waals surface area contributed by atoms with Gasteiger partial charge in [0.15, 0.2) is 0 Å². The van der Waals surface area contributed by atoms with Gasteiger partial charge in [-0.25, -0.2) is 4.79 Å². The highest BCUT2D eigenvalue weighted by molar-refractivity contribution is 6.00. The monoisotopic (exact) mass is 254 g/mol. The number of aromatic amines is 1. The number of aromatic carboxylic acids is 1. The van der Waals surface area contributed by atoms with Crippen LogP contribution in [0.3, 0.4) is 0 Å². The lowest BCUT2D eigenvalue weighted by molar-refractivity contribution is 0.0690. The fourth-order valence-electron chi connectivity index (χ4n) is 1.81. The minimum Gasteiger partial charge on any atom is -0.477 e. The molecule has 18 heavy (non-hydrogen) atoms. The molecule has 0 aliphatic heterocycles. The smallest absolute Gasteiger partial charge is 0.352 e. The van der Waals surface area contributed by atoms with Crippen LogP contribution in [0.5, 0.6) is 0 Å². The van der Waals surface area contributed by atoms with Gasteiger partial charge < -0.3 is 19.7 Å². The van der Waals surface area contributed by atoms with Gasteiger partial charge in [-0.1, -0.05) is 0 Å². The summed E-state index contributed by atoms with van der Waals surface area (Å²) in [6.45, 7) is 4.22. The number of ether oxygens (including phenoxy) is 1. The zero-order valence-electron chi connectivity index (χ0n) is 11.0. The number of carboxylic acids is 1. The van der Waals surface area contributed by atoms with Gasteiger partial charge in [0.25, 0.3) is 5.91 Å². The van der Waals surface area contributed by atoms with Crippen LogP contribution in [0, 0.1) is 13.8 Å². The molecule has 1 heterocycles. The lowest BCUT2D eigenvalue weighted by atomic mass is 10.1. The maximum Gasteiger partial charge on any atom is 0.352 e.